The van der Waals surface area contributed by atoms with E-state index < -0.39 is 29.2 Å². The molecule has 1 atom stereocenters. The van der Waals surface area contributed by atoms with Crippen LogP contribution in [0.4, 0.5) is 8.78 Å². The van der Waals surface area contributed by atoms with Crippen molar-refractivity contribution >= 4 is 5.91 Å². The lowest BCUT2D eigenvalue weighted by Crippen LogP contribution is -2.51. The number of nitrogens with one attached hydrogen (secondary N) is 1. The van der Waals surface area contributed by atoms with E-state index in [4.69, 9.17) is 0 Å². The zero-order valence-electron chi connectivity index (χ0n) is 10.6. The third-order valence-electron chi connectivity index (χ3n) is 2.87. The van der Waals surface area contributed by atoms with Crippen LogP contribution in [0.1, 0.15) is 26.3 Å². The van der Waals surface area contributed by atoms with E-state index in [2.05, 4.69) is 5.32 Å². The molecule has 1 rings (SSSR count). The summed E-state index contributed by atoms with van der Waals surface area (Å²) in [6.45, 7) is 4.88. The molecule has 100 valence electrons. The van der Waals surface area contributed by atoms with Crippen LogP contribution in [0.25, 0.3) is 0 Å². The Balaban J connectivity index is 2.71. The largest absolute Gasteiger partial charge is 0.391 e. The molecule has 0 radical (unpaired) electrons. The second-order valence-electron chi connectivity index (χ2n) is 4.86. The average Bonchev–Trinajstić information content (AvgIpc) is 2.21. The van der Waals surface area contributed by atoms with Gasteiger partial charge in [0.05, 0.1) is 18.1 Å². The van der Waals surface area contributed by atoms with E-state index >= 15 is 0 Å². The lowest BCUT2D eigenvalue weighted by Gasteiger charge is -2.29. The molecule has 0 aliphatic carbocycles. The van der Waals surface area contributed by atoms with Gasteiger partial charge in [0, 0.05) is 6.07 Å². The van der Waals surface area contributed by atoms with Crippen LogP contribution in [0.3, 0.4) is 0 Å². The number of carbonyl (C=O) groups excluding carboxylic acids is 1. The zero-order valence-corrected chi connectivity index (χ0v) is 10.6. The Morgan fingerprint density at radius 1 is 1.44 bits per heavy atom. The lowest BCUT2D eigenvalue weighted by molar-refractivity contribution is -0.123. The van der Waals surface area contributed by atoms with Crippen LogP contribution in [-0.2, 0) is 11.2 Å². The van der Waals surface area contributed by atoms with Gasteiger partial charge < -0.3 is 10.4 Å². The van der Waals surface area contributed by atoms with Crippen molar-refractivity contribution in [2.45, 2.75) is 38.8 Å². The predicted molar refractivity (Wildman–Crippen MR) is 64.0 cm³/mol. The standard InChI is InChI=1S/C13H17F2NO2/c1-8(17)13(2,3)16-12(18)6-9-4-5-10(14)7-11(9)15/h4-5,7-8,17H,6H2,1-3H3,(H,16,18). The Labute approximate surface area is 105 Å². The summed E-state index contributed by atoms with van der Waals surface area (Å²) >= 11 is 0. The first-order valence-electron chi connectivity index (χ1n) is 5.65. The Morgan fingerprint density at radius 2 is 2.06 bits per heavy atom. The molecule has 18 heavy (non-hydrogen) atoms. The summed E-state index contributed by atoms with van der Waals surface area (Å²) in [5, 5.41) is 12.0. The Bertz CT molecular complexity index is 445. The Hall–Kier alpha value is -1.49. The summed E-state index contributed by atoms with van der Waals surface area (Å²) in [6.07, 6.45) is -0.929. The molecular weight excluding hydrogens is 240 g/mol. The summed E-state index contributed by atoms with van der Waals surface area (Å²) in [7, 11) is 0. The number of benzene rings is 1. The van der Waals surface area contributed by atoms with Gasteiger partial charge in [-0.25, -0.2) is 8.78 Å². The van der Waals surface area contributed by atoms with E-state index in [1.807, 2.05) is 0 Å². The van der Waals surface area contributed by atoms with E-state index in [1.54, 1.807) is 20.8 Å². The maximum Gasteiger partial charge on any atom is 0.225 e. The van der Waals surface area contributed by atoms with E-state index in [0.29, 0.717) is 0 Å². The maximum absolute atomic E-state index is 13.3. The van der Waals surface area contributed by atoms with Gasteiger partial charge in [0.25, 0.3) is 0 Å². The molecule has 1 aromatic carbocycles. The fourth-order valence-corrected chi connectivity index (χ4v) is 1.35. The molecule has 1 amide bonds. The molecular formula is C13H17F2NO2. The predicted octanol–water partition coefficient (Wildman–Crippen LogP) is 1.78. The van der Waals surface area contributed by atoms with Crippen molar-refractivity contribution in [1.29, 1.82) is 0 Å². The number of aliphatic hydroxyl groups excluding tert-OH is 1. The van der Waals surface area contributed by atoms with Crippen LogP contribution in [0.2, 0.25) is 0 Å². The molecule has 0 bridgehead atoms. The number of halogens is 2. The fourth-order valence-electron chi connectivity index (χ4n) is 1.35. The van der Waals surface area contributed by atoms with Gasteiger partial charge in [-0.05, 0) is 32.4 Å². The van der Waals surface area contributed by atoms with Crippen molar-refractivity contribution in [1.82, 2.24) is 5.32 Å². The summed E-state index contributed by atoms with van der Waals surface area (Å²) < 4.78 is 26.0. The normalized spacial score (nSPS) is 13.2. The smallest absolute Gasteiger partial charge is 0.225 e. The van der Waals surface area contributed by atoms with Gasteiger partial charge in [-0.1, -0.05) is 6.07 Å². The highest BCUT2D eigenvalue weighted by atomic mass is 19.1. The first-order valence-corrected chi connectivity index (χ1v) is 5.65. The van der Waals surface area contributed by atoms with Crippen LogP contribution in [0, 0.1) is 11.6 Å². The van der Waals surface area contributed by atoms with Crippen molar-refractivity contribution in [2.24, 2.45) is 0 Å². The molecule has 0 aliphatic heterocycles. The monoisotopic (exact) mass is 257 g/mol. The van der Waals surface area contributed by atoms with Crippen molar-refractivity contribution in [3.8, 4) is 0 Å². The molecule has 0 heterocycles. The number of aliphatic hydroxyl groups is 1. The molecule has 0 saturated carbocycles. The molecule has 3 nitrogen and oxygen atoms in total. The summed E-state index contributed by atoms with van der Waals surface area (Å²) in [5.74, 6) is -1.85. The molecule has 0 spiro atoms. The summed E-state index contributed by atoms with van der Waals surface area (Å²) in [4.78, 5) is 11.7. The quantitative estimate of drug-likeness (QED) is 0.864. The Kier molecular flexibility index (Phi) is 4.40. The lowest BCUT2D eigenvalue weighted by atomic mass is 9.98. The minimum absolute atomic E-state index is 0.121. The first-order chi connectivity index (χ1) is 8.22. The number of rotatable bonds is 4. The van der Waals surface area contributed by atoms with Gasteiger partial charge >= 0.3 is 0 Å². The SMILES string of the molecule is CC(O)C(C)(C)NC(=O)Cc1ccc(F)cc1F. The molecule has 0 fully saturated rings. The third kappa shape index (κ3) is 3.77. The van der Waals surface area contributed by atoms with Crippen molar-refractivity contribution in [3.63, 3.8) is 0 Å². The van der Waals surface area contributed by atoms with Gasteiger partial charge in [-0.2, -0.15) is 0 Å². The van der Waals surface area contributed by atoms with E-state index in [9.17, 15) is 18.7 Å². The van der Waals surface area contributed by atoms with E-state index in [0.717, 1.165) is 12.1 Å². The van der Waals surface area contributed by atoms with Gasteiger partial charge in [0.15, 0.2) is 0 Å². The van der Waals surface area contributed by atoms with Crippen LogP contribution in [-0.4, -0.2) is 22.7 Å². The number of hydrogen-bond donors (Lipinski definition) is 2. The highest BCUT2D eigenvalue weighted by Crippen LogP contribution is 2.12. The zero-order chi connectivity index (χ0) is 13.9. The van der Waals surface area contributed by atoms with Gasteiger partial charge in [0.2, 0.25) is 5.91 Å². The molecule has 5 heteroatoms. The number of carbonyl (C=O) groups is 1. The van der Waals surface area contributed by atoms with E-state index in [-0.39, 0.29) is 12.0 Å². The van der Waals surface area contributed by atoms with Crippen molar-refractivity contribution < 1.29 is 18.7 Å². The molecule has 2 N–H and O–H groups in total. The van der Waals surface area contributed by atoms with Crippen LogP contribution in [0.15, 0.2) is 18.2 Å². The number of amides is 1. The second kappa shape index (κ2) is 5.44. The minimum atomic E-state index is -0.798. The van der Waals surface area contributed by atoms with Crippen molar-refractivity contribution in [2.75, 3.05) is 0 Å². The van der Waals surface area contributed by atoms with Gasteiger partial charge in [0.1, 0.15) is 11.6 Å². The first kappa shape index (κ1) is 14.6. The summed E-state index contributed by atoms with van der Waals surface area (Å²) in [6, 6.07) is 3.08. The highest BCUT2D eigenvalue weighted by Gasteiger charge is 2.26. The van der Waals surface area contributed by atoms with Crippen LogP contribution < -0.4 is 5.32 Å². The molecule has 1 unspecified atom stereocenters. The minimum Gasteiger partial charge on any atom is -0.391 e. The average molecular weight is 257 g/mol. The van der Waals surface area contributed by atoms with Crippen LogP contribution >= 0.6 is 0 Å². The molecule has 0 aromatic heterocycles. The molecule has 0 aliphatic rings. The van der Waals surface area contributed by atoms with Gasteiger partial charge in [-0.3, -0.25) is 4.79 Å². The highest BCUT2D eigenvalue weighted by molar-refractivity contribution is 5.79. The number of hydrogen-bond acceptors (Lipinski definition) is 2. The van der Waals surface area contributed by atoms with E-state index in [1.165, 1.54) is 6.07 Å². The van der Waals surface area contributed by atoms with Crippen molar-refractivity contribution in [3.05, 3.63) is 35.4 Å². The topological polar surface area (TPSA) is 49.3 Å². The second-order valence-corrected chi connectivity index (χ2v) is 4.86. The maximum atomic E-state index is 13.3. The summed E-state index contributed by atoms with van der Waals surface area (Å²) in [5.41, 5.74) is -0.677. The molecule has 0 saturated heterocycles. The van der Waals surface area contributed by atoms with Crippen LogP contribution in [0.5, 0.6) is 0 Å². The Morgan fingerprint density at radius 3 is 2.56 bits per heavy atom. The van der Waals surface area contributed by atoms with Gasteiger partial charge in [-0.15, -0.1) is 0 Å². The fraction of sp³-hybridized carbons (Fsp3) is 0.462. The molecule has 1 aromatic rings. The third-order valence-corrected chi connectivity index (χ3v) is 2.87.